The minimum atomic E-state index is -0.579. The molecule has 152 valence electrons. The maximum atomic E-state index is 14.0. The van der Waals surface area contributed by atoms with Gasteiger partial charge in [0.25, 0.3) is 5.56 Å². The molecule has 0 fully saturated rings. The van der Waals surface area contributed by atoms with Gasteiger partial charge in [0.1, 0.15) is 5.82 Å². The number of aromatic amines is 1. The van der Waals surface area contributed by atoms with Crippen LogP contribution in [0.15, 0.2) is 63.2 Å². The van der Waals surface area contributed by atoms with E-state index in [4.69, 9.17) is 11.6 Å². The largest absolute Gasteiger partial charge is 0.329 e. The highest BCUT2D eigenvalue weighted by molar-refractivity contribution is 6.33. The molecule has 0 spiro atoms. The highest BCUT2D eigenvalue weighted by Gasteiger charge is 2.17. The van der Waals surface area contributed by atoms with Gasteiger partial charge in [0.15, 0.2) is 11.2 Å². The molecule has 0 amide bonds. The maximum absolute atomic E-state index is 14.0. The van der Waals surface area contributed by atoms with E-state index in [0.29, 0.717) is 6.54 Å². The van der Waals surface area contributed by atoms with Gasteiger partial charge in [0.2, 0.25) is 5.95 Å². The van der Waals surface area contributed by atoms with Crippen molar-refractivity contribution in [3.05, 3.63) is 91.3 Å². The highest BCUT2D eigenvalue weighted by Crippen LogP contribution is 2.19. The molecule has 0 unspecified atom stereocenters. The molecule has 2 aromatic heterocycles. The lowest BCUT2D eigenvalue weighted by Gasteiger charge is -2.08. The number of nitrogens with zero attached hydrogens (tertiary/aromatic N) is 4. The third-order valence-corrected chi connectivity index (χ3v) is 4.88. The quantitative estimate of drug-likeness (QED) is 0.379. The molecule has 2 N–H and O–H groups in total. The first kappa shape index (κ1) is 19.6. The van der Waals surface area contributed by atoms with Crippen molar-refractivity contribution in [2.24, 2.45) is 12.1 Å². The predicted octanol–water partition coefficient (Wildman–Crippen LogP) is 2.71. The van der Waals surface area contributed by atoms with Crippen molar-refractivity contribution < 1.29 is 4.39 Å². The summed E-state index contributed by atoms with van der Waals surface area (Å²) in [6, 6.07) is 13.7. The van der Waals surface area contributed by atoms with Gasteiger partial charge in [-0.15, -0.1) is 0 Å². The van der Waals surface area contributed by atoms with Gasteiger partial charge in [-0.05, 0) is 17.7 Å². The monoisotopic (exact) mass is 426 g/mol. The van der Waals surface area contributed by atoms with Gasteiger partial charge in [-0.1, -0.05) is 48.0 Å². The molecular weight excluding hydrogens is 411 g/mol. The van der Waals surface area contributed by atoms with Crippen molar-refractivity contribution >= 4 is 34.9 Å². The van der Waals surface area contributed by atoms with E-state index < -0.39 is 17.1 Å². The van der Waals surface area contributed by atoms with Gasteiger partial charge >= 0.3 is 5.69 Å². The van der Waals surface area contributed by atoms with Crippen LogP contribution in [-0.2, 0) is 13.6 Å². The molecule has 0 saturated heterocycles. The molecule has 0 radical (unpaired) electrons. The van der Waals surface area contributed by atoms with Gasteiger partial charge < -0.3 is 0 Å². The highest BCUT2D eigenvalue weighted by atomic mass is 35.5. The number of aromatic nitrogens is 4. The van der Waals surface area contributed by atoms with Crippen LogP contribution in [0.1, 0.15) is 11.1 Å². The van der Waals surface area contributed by atoms with Crippen LogP contribution >= 0.6 is 11.6 Å². The Bertz CT molecular complexity index is 1350. The number of aryl methyl sites for hydroxylation is 1. The fourth-order valence-electron chi connectivity index (χ4n) is 3.03. The number of anilines is 1. The first-order chi connectivity index (χ1) is 14.5. The first-order valence-electron chi connectivity index (χ1n) is 8.92. The van der Waals surface area contributed by atoms with Crippen LogP contribution in [0.25, 0.3) is 11.2 Å². The zero-order valence-electron chi connectivity index (χ0n) is 15.8. The molecule has 0 aliphatic rings. The molecule has 0 aliphatic heterocycles. The molecular formula is C20H16ClFN6O2. The lowest BCUT2D eigenvalue weighted by atomic mass is 10.2. The predicted molar refractivity (Wildman–Crippen MR) is 114 cm³/mol. The lowest BCUT2D eigenvalue weighted by molar-refractivity contribution is 0.626. The summed E-state index contributed by atoms with van der Waals surface area (Å²) in [5.41, 5.74) is 3.02. The van der Waals surface area contributed by atoms with Gasteiger partial charge in [0.05, 0.1) is 17.8 Å². The SMILES string of the molecule is Cn1c(=O)[nH]c(=O)c2c1nc(N/N=C\c1c(F)cccc1Cl)n2Cc1ccccc1. The second-order valence-corrected chi connectivity index (χ2v) is 6.91. The third kappa shape index (κ3) is 3.62. The normalized spacial score (nSPS) is 11.4. The smallest absolute Gasteiger partial charge is 0.298 e. The fourth-order valence-corrected chi connectivity index (χ4v) is 3.24. The Kier molecular flexibility index (Phi) is 5.20. The molecule has 2 aromatic carbocycles. The topological polar surface area (TPSA) is 97.1 Å². The fraction of sp³-hybridized carbons (Fsp3) is 0.100. The molecule has 2 heterocycles. The summed E-state index contributed by atoms with van der Waals surface area (Å²) in [6.45, 7) is 0.303. The van der Waals surface area contributed by atoms with Crippen LogP contribution in [-0.4, -0.2) is 25.3 Å². The van der Waals surface area contributed by atoms with E-state index in [2.05, 4.69) is 20.5 Å². The van der Waals surface area contributed by atoms with Crippen LogP contribution in [0.5, 0.6) is 0 Å². The number of hydrogen-bond acceptors (Lipinski definition) is 5. The van der Waals surface area contributed by atoms with Crippen molar-refractivity contribution in [1.29, 1.82) is 0 Å². The van der Waals surface area contributed by atoms with Gasteiger partial charge in [-0.3, -0.25) is 18.9 Å². The third-order valence-electron chi connectivity index (χ3n) is 4.55. The van der Waals surface area contributed by atoms with E-state index in [9.17, 15) is 14.0 Å². The number of benzene rings is 2. The van der Waals surface area contributed by atoms with Crippen molar-refractivity contribution in [2.45, 2.75) is 6.54 Å². The number of hydrogen-bond donors (Lipinski definition) is 2. The van der Waals surface area contributed by atoms with Crippen LogP contribution in [0.4, 0.5) is 10.3 Å². The lowest BCUT2D eigenvalue weighted by Crippen LogP contribution is -2.29. The summed E-state index contributed by atoms with van der Waals surface area (Å²) in [4.78, 5) is 31.1. The van der Waals surface area contributed by atoms with Crippen molar-refractivity contribution in [2.75, 3.05) is 5.43 Å². The van der Waals surface area contributed by atoms with E-state index in [-0.39, 0.29) is 27.7 Å². The summed E-state index contributed by atoms with van der Waals surface area (Å²) in [5.74, 6) is -0.311. The molecule has 4 aromatic rings. The van der Waals surface area contributed by atoms with E-state index in [1.165, 1.54) is 30.0 Å². The van der Waals surface area contributed by atoms with Gasteiger partial charge in [0, 0.05) is 12.6 Å². The summed E-state index contributed by atoms with van der Waals surface area (Å²) >= 11 is 6.01. The minimum Gasteiger partial charge on any atom is -0.298 e. The summed E-state index contributed by atoms with van der Waals surface area (Å²) in [6.07, 6.45) is 1.23. The summed E-state index contributed by atoms with van der Waals surface area (Å²) < 4.78 is 16.8. The number of fused-ring (bicyclic) bond motifs is 1. The number of imidazole rings is 1. The van der Waals surface area contributed by atoms with E-state index >= 15 is 0 Å². The second-order valence-electron chi connectivity index (χ2n) is 6.50. The maximum Gasteiger partial charge on any atom is 0.329 e. The van der Waals surface area contributed by atoms with Gasteiger partial charge in [-0.25, -0.2) is 14.6 Å². The molecule has 0 atom stereocenters. The first-order valence-corrected chi connectivity index (χ1v) is 9.30. The Labute approximate surface area is 174 Å². The molecule has 0 bridgehead atoms. The van der Waals surface area contributed by atoms with Crippen molar-refractivity contribution in [3.63, 3.8) is 0 Å². The molecule has 30 heavy (non-hydrogen) atoms. The van der Waals surface area contributed by atoms with Crippen LogP contribution < -0.4 is 16.7 Å². The van der Waals surface area contributed by atoms with E-state index in [0.717, 1.165) is 5.56 Å². The zero-order valence-corrected chi connectivity index (χ0v) is 16.5. The standard InChI is InChI=1S/C20H16ClFN6O2/c1-27-17-16(18(29)25-20(27)30)28(11-12-6-3-2-4-7-12)19(24-17)26-23-10-13-14(21)8-5-9-15(13)22/h2-10H,11H2,1H3,(H,24,26)(H,25,29,30)/b23-10-. The Morgan fingerprint density at radius 2 is 1.97 bits per heavy atom. The molecule has 8 nitrogen and oxygen atoms in total. The summed E-state index contributed by atoms with van der Waals surface area (Å²) in [5, 5.41) is 4.24. The Morgan fingerprint density at radius 1 is 1.20 bits per heavy atom. The van der Waals surface area contributed by atoms with Crippen molar-refractivity contribution in [1.82, 2.24) is 19.1 Å². The van der Waals surface area contributed by atoms with Gasteiger partial charge in [-0.2, -0.15) is 10.1 Å². The number of hydrazone groups is 1. The number of rotatable bonds is 5. The zero-order chi connectivity index (χ0) is 21.3. The van der Waals surface area contributed by atoms with Crippen LogP contribution in [0.2, 0.25) is 5.02 Å². The average molecular weight is 427 g/mol. The molecule has 4 rings (SSSR count). The molecule has 10 heteroatoms. The number of nitrogens with one attached hydrogen (secondary N) is 2. The molecule has 0 saturated carbocycles. The second kappa shape index (κ2) is 7.96. The Balaban J connectivity index is 1.80. The molecule has 0 aliphatic carbocycles. The van der Waals surface area contributed by atoms with Crippen molar-refractivity contribution in [3.8, 4) is 0 Å². The minimum absolute atomic E-state index is 0.114. The van der Waals surface area contributed by atoms with Crippen LogP contribution in [0, 0.1) is 5.82 Å². The summed E-state index contributed by atoms with van der Waals surface area (Å²) in [7, 11) is 1.51. The average Bonchev–Trinajstić information content (AvgIpc) is 3.08. The Morgan fingerprint density at radius 3 is 2.70 bits per heavy atom. The number of halogens is 2. The number of H-pyrrole nitrogens is 1. The van der Waals surface area contributed by atoms with Crippen LogP contribution in [0.3, 0.4) is 0 Å². The Hall–Kier alpha value is -3.72. The van der Waals surface area contributed by atoms with E-state index in [1.807, 2.05) is 30.3 Å². The van der Waals surface area contributed by atoms with E-state index in [1.54, 1.807) is 10.6 Å².